The molecule has 0 unspecified atom stereocenters. The van der Waals surface area contributed by atoms with Crippen LogP contribution in [0.3, 0.4) is 0 Å². The Morgan fingerprint density at radius 3 is 2.50 bits per heavy atom. The summed E-state index contributed by atoms with van der Waals surface area (Å²) in [4.78, 5) is 18.7. The predicted octanol–water partition coefficient (Wildman–Crippen LogP) is -0.291. The van der Waals surface area contributed by atoms with Gasteiger partial charge in [-0.25, -0.2) is 9.97 Å². The Morgan fingerprint density at radius 2 is 2.06 bits per heavy atom. The van der Waals surface area contributed by atoms with Crippen LogP contribution in [0.2, 0.25) is 0 Å². The molecule has 0 aliphatic carbocycles. The van der Waals surface area contributed by atoms with Gasteiger partial charge in [0.15, 0.2) is 0 Å². The number of carbonyl (C=O) groups is 1. The van der Waals surface area contributed by atoms with Gasteiger partial charge < -0.3 is 10.2 Å². The molecule has 0 aromatic carbocycles. The summed E-state index contributed by atoms with van der Waals surface area (Å²) in [6.07, 6.45) is 2.29. The summed E-state index contributed by atoms with van der Waals surface area (Å²) in [6.45, 7) is 3.51. The lowest BCUT2D eigenvalue weighted by Crippen LogP contribution is -2.44. The average Bonchev–Trinajstić information content (AvgIpc) is 2.20. The molecular weight excluding hydrogens is 210 g/mol. The summed E-state index contributed by atoms with van der Waals surface area (Å²) < 4.78 is 0. The smallest absolute Gasteiger partial charge is 0.323 e. The van der Waals surface area contributed by atoms with E-state index in [1.165, 1.54) is 6.92 Å². The Kier molecular flexibility index (Phi) is 4.33. The maximum Gasteiger partial charge on any atom is 0.323 e. The van der Waals surface area contributed by atoms with Crippen molar-refractivity contribution in [3.63, 3.8) is 0 Å². The highest BCUT2D eigenvalue weighted by molar-refractivity contribution is 5.74. The zero-order valence-electron chi connectivity index (χ0n) is 9.21. The maximum atomic E-state index is 10.8. The average molecular weight is 225 g/mol. The first kappa shape index (κ1) is 12.5. The predicted molar refractivity (Wildman–Crippen MR) is 56.7 cm³/mol. The van der Waals surface area contributed by atoms with Crippen LogP contribution in [0, 0.1) is 6.92 Å². The molecule has 2 atom stereocenters. The zero-order chi connectivity index (χ0) is 12.1. The second kappa shape index (κ2) is 5.53. The summed E-state index contributed by atoms with van der Waals surface area (Å²) in [6, 6.07) is -0.985. The fourth-order valence-corrected chi connectivity index (χ4v) is 1.20. The number of carboxylic acid groups (broad SMARTS) is 1. The van der Waals surface area contributed by atoms with Gasteiger partial charge in [-0.3, -0.25) is 10.1 Å². The van der Waals surface area contributed by atoms with Gasteiger partial charge in [0.1, 0.15) is 11.9 Å². The van der Waals surface area contributed by atoms with Crippen molar-refractivity contribution in [2.45, 2.75) is 32.5 Å². The van der Waals surface area contributed by atoms with Crippen LogP contribution in [0.4, 0.5) is 0 Å². The lowest BCUT2D eigenvalue weighted by molar-refractivity contribution is -0.142. The minimum absolute atomic E-state index is 0.308. The van der Waals surface area contributed by atoms with Gasteiger partial charge in [-0.05, 0) is 13.8 Å². The highest BCUT2D eigenvalue weighted by Gasteiger charge is 2.21. The first-order valence-corrected chi connectivity index (χ1v) is 4.92. The summed E-state index contributed by atoms with van der Waals surface area (Å²) >= 11 is 0. The number of aliphatic carboxylic acids is 1. The third-order valence-electron chi connectivity index (χ3n) is 2.11. The number of hydrogen-bond donors (Lipinski definition) is 3. The summed E-state index contributed by atoms with van der Waals surface area (Å²) in [5.41, 5.74) is 0.775. The Morgan fingerprint density at radius 1 is 1.50 bits per heavy atom. The molecule has 0 saturated carbocycles. The molecule has 1 aromatic rings. The highest BCUT2D eigenvalue weighted by Crippen LogP contribution is 1.98. The molecule has 0 radical (unpaired) electrons. The van der Waals surface area contributed by atoms with Gasteiger partial charge in [0, 0.05) is 24.5 Å². The third kappa shape index (κ3) is 3.56. The van der Waals surface area contributed by atoms with Gasteiger partial charge >= 0.3 is 5.97 Å². The molecule has 0 amide bonds. The van der Waals surface area contributed by atoms with Crippen LogP contribution < -0.4 is 5.32 Å². The fourth-order valence-electron chi connectivity index (χ4n) is 1.20. The molecule has 1 heterocycles. The molecule has 6 nitrogen and oxygen atoms in total. The monoisotopic (exact) mass is 225 g/mol. The van der Waals surface area contributed by atoms with Crippen molar-refractivity contribution < 1.29 is 15.0 Å². The van der Waals surface area contributed by atoms with Gasteiger partial charge in [0.2, 0.25) is 0 Å². The number of hydrogen-bond acceptors (Lipinski definition) is 5. The van der Waals surface area contributed by atoms with Crippen LogP contribution in [0.15, 0.2) is 12.4 Å². The van der Waals surface area contributed by atoms with Crippen molar-refractivity contribution >= 4 is 5.97 Å². The first-order chi connectivity index (χ1) is 7.50. The number of aliphatic hydroxyl groups is 1. The van der Waals surface area contributed by atoms with Crippen molar-refractivity contribution in [2.75, 3.05) is 0 Å². The van der Waals surface area contributed by atoms with E-state index in [2.05, 4.69) is 15.3 Å². The quantitative estimate of drug-likeness (QED) is 0.637. The number of aliphatic hydroxyl groups excluding tert-OH is 1. The van der Waals surface area contributed by atoms with E-state index in [1.807, 2.05) is 0 Å². The van der Waals surface area contributed by atoms with E-state index < -0.39 is 18.1 Å². The van der Waals surface area contributed by atoms with Gasteiger partial charge in [-0.2, -0.15) is 0 Å². The topological polar surface area (TPSA) is 95.3 Å². The minimum Gasteiger partial charge on any atom is -0.480 e. The van der Waals surface area contributed by atoms with E-state index in [4.69, 9.17) is 5.11 Å². The minimum atomic E-state index is -1.08. The van der Waals surface area contributed by atoms with Crippen molar-refractivity contribution in [3.05, 3.63) is 23.8 Å². The number of nitrogens with zero attached hydrogens (tertiary/aromatic N) is 2. The molecule has 88 valence electrons. The number of nitrogens with one attached hydrogen (secondary N) is 1. The number of aryl methyl sites for hydroxylation is 1. The fraction of sp³-hybridized carbons (Fsp3) is 0.500. The molecule has 0 aliphatic heterocycles. The number of rotatable bonds is 5. The van der Waals surface area contributed by atoms with Crippen molar-refractivity contribution in [1.29, 1.82) is 0 Å². The Balaban J connectivity index is 2.55. The van der Waals surface area contributed by atoms with Crippen molar-refractivity contribution in [2.24, 2.45) is 0 Å². The molecule has 0 aliphatic rings. The van der Waals surface area contributed by atoms with Crippen LogP contribution in [-0.2, 0) is 11.3 Å². The first-order valence-electron chi connectivity index (χ1n) is 4.92. The van der Waals surface area contributed by atoms with E-state index >= 15 is 0 Å². The molecule has 3 N–H and O–H groups in total. The molecule has 1 rings (SSSR count). The summed E-state index contributed by atoms with van der Waals surface area (Å²) in [5.74, 6) is -0.419. The van der Waals surface area contributed by atoms with Gasteiger partial charge in [-0.15, -0.1) is 0 Å². The van der Waals surface area contributed by atoms with Crippen LogP contribution in [0.5, 0.6) is 0 Å². The van der Waals surface area contributed by atoms with E-state index in [0.717, 1.165) is 5.56 Å². The zero-order valence-corrected chi connectivity index (χ0v) is 9.21. The van der Waals surface area contributed by atoms with E-state index in [0.29, 0.717) is 12.4 Å². The normalized spacial score (nSPS) is 14.4. The highest BCUT2D eigenvalue weighted by atomic mass is 16.4. The standard InChI is InChI=1S/C10H15N3O3/c1-6(14)9(10(15)16)13-5-8-3-11-7(2)12-4-8/h3-4,6,9,13-14H,5H2,1-2H3,(H,15,16)/t6-,9+/m0/s1. The second-order valence-electron chi connectivity index (χ2n) is 3.58. The summed E-state index contributed by atoms with van der Waals surface area (Å²) in [5, 5.41) is 20.8. The lowest BCUT2D eigenvalue weighted by atomic mass is 10.2. The van der Waals surface area contributed by atoms with Crippen molar-refractivity contribution in [3.8, 4) is 0 Å². The second-order valence-corrected chi connectivity index (χ2v) is 3.58. The van der Waals surface area contributed by atoms with Crippen LogP contribution in [0.25, 0.3) is 0 Å². The van der Waals surface area contributed by atoms with E-state index in [1.54, 1.807) is 19.3 Å². The van der Waals surface area contributed by atoms with Gasteiger partial charge in [-0.1, -0.05) is 0 Å². The van der Waals surface area contributed by atoms with Crippen LogP contribution >= 0.6 is 0 Å². The molecule has 16 heavy (non-hydrogen) atoms. The molecule has 0 bridgehead atoms. The van der Waals surface area contributed by atoms with Crippen LogP contribution in [0.1, 0.15) is 18.3 Å². The maximum absolute atomic E-state index is 10.8. The molecule has 0 saturated heterocycles. The SMILES string of the molecule is Cc1ncc(CN[C@@H](C(=O)O)[C@H](C)O)cn1. The largest absolute Gasteiger partial charge is 0.480 e. The molecular formula is C10H15N3O3. The lowest BCUT2D eigenvalue weighted by Gasteiger charge is -2.16. The Labute approximate surface area is 93.4 Å². The molecule has 6 heteroatoms. The Bertz CT molecular complexity index is 351. The van der Waals surface area contributed by atoms with E-state index in [9.17, 15) is 9.90 Å². The van der Waals surface area contributed by atoms with Gasteiger partial charge in [0.05, 0.1) is 6.10 Å². The molecule has 0 spiro atoms. The molecule has 1 aromatic heterocycles. The molecule has 0 fully saturated rings. The number of aromatic nitrogens is 2. The van der Waals surface area contributed by atoms with Crippen molar-refractivity contribution in [1.82, 2.24) is 15.3 Å². The Hall–Kier alpha value is -1.53. The number of carboxylic acids is 1. The summed E-state index contributed by atoms with van der Waals surface area (Å²) in [7, 11) is 0. The van der Waals surface area contributed by atoms with E-state index in [-0.39, 0.29) is 0 Å². The third-order valence-corrected chi connectivity index (χ3v) is 2.11. The van der Waals surface area contributed by atoms with Gasteiger partial charge in [0.25, 0.3) is 0 Å². The van der Waals surface area contributed by atoms with Crippen LogP contribution in [-0.4, -0.2) is 38.3 Å².